The summed E-state index contributed by atoms with van der Waals surface area (Å²) in [4.78, 5) is 11.1. The molecule has 2 aromatic carbocycles. The molecule has 0 aromatic heterocycles. The highest BCUT2D eigenvalue weighted by Gasteiger charge is 2.17. The lowest BCUT2D eigenvalue weighted by Crippen LogP contribution is -2.08. The number of methoxy groups -OCH3 is 1. The number of carbonyl (C=O) groups is 1. The van der Waals surface area contributed by atoms with E-state index < -0.39 is 0 Å². The number of hydrogen-bond acceptors (Lipinski definition) is 4. The van der Waals surface area contributed by atoms with E-state index in [1.807, 2.05) is 45.0 Å². The van der Waals surface area contributed by atoms with Gasteiger partial charge in [0.15, 0.2) is 11.5 Å². The van der Waals surface area contributed by atoms with Gasteiger partial charge in [0, 0.05) is 5.56 Å². The monoisotopic (exact) mass is 300 g/mol. The molecule has 22 heavy (non-hydrogen) atoms. The second-order valence-corrected chi connectivity index (χ2v) is 5.20. The molecule has 0 aliphatic carbocycles. The van der Waals surface area contributed by atoms with Crippen LogP contribution in [0.3, 0.4) is 0 Å². The van der Waals surface area contributed by atoms with Crippen molar-refractivity contribution in [3.8, 4) is 23.0 Å². The molecule has 0 bridgehead atoms. The normalized spacial score (nSPS) is 10.4. The third-order valence-electron chi connectivity index (χ3n) is 3.07. The number of ether oxygens (including phenoxy) is 3. The maximum Gasteiger partial charge on any atom is 0.204 e. The Hall–Kier alpha value is -2.49. The summed E-state index contributed by atoms with van der Waals surface area (Å²) in [5.74, 6) is 2.14. The average Bonchev–Trinajstić information content (AvgIpc) is 2.50. The second-order valence-electron chi connectivity index (χ2n) is 5.20. The summed E-state index contributed by atoms with van der Waals surface area (Å²) in [5, 5.41) is 0. The fourth-order valence-electron chi connectivity index (χ4n) is 2.03. The predicted molar refractivity (Wildman–Crippen MR) is 85.4 cm³/mol. The highest BCUT2D eigenvalue weighted by molar-refractivity contribution is 5.78. The third-order valence-corrected chi connectivity index (χ3v) is 3.07. The first kappa shape index (κ1) is 15.9. The van der Waals surface area contributed by atoms with Gasteiger partial charge in [-0.1, -0.05) is 18.2 Å². The summed E-state index contributed by atoms with van der Waals surface area (Å²) in [7, 11) is 1.54. The Labute approximate surface area is 130 Å². The molecule has 0 saturated carbocycles. The van der Waals surface area contributed by atoms with E-state index in [0.29, 0.717) is 28.6 Å². The summed E-state index contributed by atoms with van der Waals surface area (Å²) in [6, 6.07) is 10.9. The van der Waals surface area contributed by atoms with Gasteiger partial charge in [-0.2, -0.15) is 0 Å². The van der Waals surface area contributed by atoms with Gasteiger partial charge in [-0.25, -0.2) is 0 Å². The van der Waals surface area contributed by atoms with Crippen LogP contribution in [0.5, 0.6) is 23.0 Å². The van der Waals surface area contributed by atoms with Crippen LogP contribution in [0.4, 0.5) is 0 Å². The highest BCUT2D eigenvalue weighted by Crippen LogP contribution is 2.41. The number of benzene rings is 2. The van der Waals surface area contributed by atoms with Crippen molar-refractivity contribution in [3.05, 3.63) is 47.5 Å². The summed E-state index contributed by atoms with van der Waals surface area (Å²) in [6.45, 7) is 5.80. The van der Waals surface area contributed by atoms with E-state index in [9.17, 15) is 4.79 Å². The lowest BCUT2D eigenvalue weighted by Gasteiger charge is -2.18. The third kappa shape index (κ3) is 3.58. The van der Waals surface area contributed by atoms with Crippen LogP contribution >= 0.6 is 0 Å². The quantitative estimate of drug-likeness (QED) is 0.742. The molecule has 0 unspecified atom stereocenters. The Bertz CT molecular complexity index is 662. The molecule has 0 amide bonds. The highest BCUT2D eigenvalue weighted by atomic mass is 16.5. The molecule has 0 aliphatic heterocycles. The zero-order valence-corrected chi connectivity index (χ0v) is 13.3. The van der Waals surface area contributed by atoms with Gasteiger partial charge >= 0.3 is 0 Å². The molecule has 0 spiro atoms. The number of para-hydroxylation sites is 1. The van der Waals surface area contributed by atoms with Crippen molar-refractivity contribution in [2.75, 3.05) is 7.11 Å². The zero-order valence-electron chi connectivity index (χ0n) is 13.3. The van der Waals surface area contributed by atoms with Crippen molar-refractivity contribution in [2.45, 2.75) is 26.9 Å². The van der Waals surface area contributed by atoms with E-state index in [-0.39, 0.29) is 6.10 Å². The van der Waals surface area contributed by atoms with E-state index in [0.717, 1.165) is 11.8 Å². The van der Waals surface area contributed by atoms with E-state index >= 15 is 0 Å². The van der Waals surface area contributed by atoms with Crippen molar-refractivity contribution < 1.29 is 19.0 Å². The van der Waals surface area contributed by atoms with Crippen LogP contribution in [-0.4, -0.2) is 19.5 Å². The number of aryl methyl sites for hydroxylation is 1. The maximum atomic E-state index is 11.1. The number of rotatable bonds is 6. The van der Waals surface area contributed by atoms with Gasteiger partial charge in [0.1, 0.15) is 12.0 Å². The minimum absolute atomic E-state index is 0.0461. The molecular weight excluding hydrogens is 280 g/mol. The molecule has 0 N–H and O–H groups in total. The van der Waals surface area contributed by atoms with Crippen LogP contribution in [-0.2, 0) is 0 Å². The minimum atomic E-state index is -0.0461. The molecule has 0 heterocycles. The van der Waals surface area contributed by atoms with E-state index in [2.05, 4.69) is 0 Å². The van der Waals surface area contributed by atoms with Gasteiger partial charge in [0.25, 0.3) is 0 Å². The number of carbonyl (C=O) groups excluding carboxylic acids is 1. The van der Waals surface area contributed by atoms with E-state index in [1.54, 1.807) is 12.1 Å². The van der Waals surface area contributed by atoms with E-state index in [1.165, 1.54) is 7.11 Å². The molecule has 0 saturated heterocycles. The molecule has 4 nitrogen and oxygen atoms in total. The first-order chi connectivity index (χ1) is 10.5. The number of hydrogen-bond donors (Lipinski definition) is 0. The van der Waals surface area contributed by atoms with E-state index in [4.69, 9.17) is 14.2 Å². The largest absolute Gasteiger partial charge is 0.493 e. The minimum Gasteiger partial charge on any atom is -0.493 e. The van der Waals surface area contributed by atoms with Crippen LogP contribution in [0, 0.1) is 6.92 Å². The first-order valence-corrected chi connectivity index (χ1v) is 7.12. The van der Waals surface area contributed by atoms with Crippen molar-refractivity contribution in [1.29, 1.82) is 0 Å². The Morgan fingerprint density at radius 1 is 1.05 bits per heavy atom. The maximum absolute atomic E-state index is 11.1. The van der Waals surface area contributed by atoms with Crippen molar-refractivity contribution in [1.82, 2.24) is 0 Å². The van der Waals surface area contributed by atoms with Gasteiger partial charge in [-0.15, -0.1) is 0 Å². The zero-order chi connectivity index (χ0) is 16.1. The fraction of sp³-hybridized carbons (Fsp3) is 0.278. The Balaban J connectivity index is 2.51. The smallest absolute Gasteiger partial charge is 0.204 e. The van der Waals surface area contributed by atoms with Crippen molar-refractivity contribution in [3.63, 3.8) is 0 Å². The molecular formula is C18H20O4. The standard InChI is InChI=1S/C18H20O4/c1-12(2)21-18-16(20-4)9-14(11-19)10-17(18)22-15-8-6-5-7-13(15)3/h5-12H,1-4H3. The summed E-state index contributed by atoms with van der Waals surface area (Å²) in [6.07, 6.45) is 0.710. The molecule has 2 aromatic rings. The summed E-state index contributed by atoms with van der Waals surface area (Å²) in [5.41, 5.74) is 1.46. The molecule has 4 heteroatoms. The van der Waals surface area contributed by atoms with Crippen LogP contribution in [0.15, 0.2) is 36.4 Å². The Morgan fingerprint density at radius 3 is 2.32 bits per heavy atom. The molecule has 0 atom stereocenters. The van der Waals surface area contributed by atoms with Gasteiger partial charge < -0.3 is 14.2 Å². The molecule has 0 fully saturated rings. The SMILES string of the molecule is COc1cc(C=O)cc(Oc2ccccc2C)c1OC(C)C. The number of aldehydes is 1. The average molecular weight is 300 g/mol. The molecule has 116 valence electrons. The van der Waals surface area contributed by atoms with Gasteiger partial charge in [0.2, 0.25) is 5.75 Å². The molecule has 2 rings (SSSR count). The van der Waals surface area contributed by atoms with Gasteiger partial charge in [-0.3, -0.25) is 4.79 Å². The summed E-state index contributed by atoms with van der Waals surface area (Å²) < 4.78 is 17.1. The van der Waals surface area contributed by atoms with Gasteiger partial charge in [0.05, 0.1) is 13.2 Å². The van der Waals surface area contributed by atoms with Crippen LogP contribution in [0.2, 0.25) is 0 Å². The van der Waals surface area contributed by atoms with Crippen LogP contribution < -0.4 is 14.2 Å². The van der Waals surface area contributed by atoms with Crippen molar-refractivity contribution >= 4 is 6.29 Å². The molecule has 0 radical (unpaired) electrons. The predicted octanol–water partition coefficient (Wildman–Crippen LogP) is 4.40. The lowest BCUT2D eigenvalue weighted by atomic mass is 10.2. The Morgan fingerprint density at radius 2 is 1.73 bits per heavy atom. The topological polar surface area (TPSA) is 44.8 Å². The lowest BCUT2D eigenvalue weighted by molar-refractivity contribution is 0.112. The summed E-state index contributed by atoms with van der Waals surface area (Å²) >= 11 is 0. The molecule has 0 aliphatic rings. The first-order valence-electron chi connectivity index (χ1n) is 7.12. The Kier molecular flexibility index (Phi) is 5.04. The van der Waals surface area contributed by atoms with Crippen LogP contribution in [0.25, 0.3) is 0 Å². The van der Waals surface area contributed by atoms with Crippen LogP contribution in [0.1, 0.15) is 29.8 Å². The fourth-order valence-corrected chi connectivity index (χ4v) is 2.03. The van der Waals surface area contributed by atoms with Crippen molar-refractivity contribution in [2.24, 2.45) is 0 Å². The van der Waals surface area contributed by atoms with Gasteiger partial charge in [-0.05, 0) is 44.5 Å². The second kappa shape index (κ2) is 6.98.